The van der Waals surface area contributed by atoms with Gasteiger partial charge in [0.2, 0.25) is 21.8 Å². The third-order valence-electron chi connectivity index (χ3n) is 6.03. The van der Waals surface area contributed by atoms with E-state index >= 15 is 0 Å². The molecule has 2 aromatic carbocycles. The van der Waals surface area contributed by atoms with Crippen molar-refractivity contribution in [2.45, 2.75) is 59.2 Å². The number of benzene rings is 2. The van der Waals surface area contributed by atoms with Crippen LogP contribution in [0.1, 0.15) is 46.6 Å². The molecule has 12 heteroatoms. The zero-order chi connectivity index (χ0) is 29.0. The fraction of sp³-hybridized carbons (Fsp3) is 0.481. The lowest BCUT2D eigenvalue weighted by atomic mass is 10.1. The highest BCUT2D eigenvalue weighted by Crippen LogP contribution is 2.35. The maximum absolute atomic E-state index is 13.9. The summed E-state index contributed by atoms with van der Waals surface area (Å²) >= 11 is 12.5. The number of carbonyl (C=O) groups excluding carboxylic acids is 2. The molecular weight excluding hydrogens is 565 g/mol. The Morgan fingerprint density at radius 2 is 1.69 bits per heavy atom. The van der Waals surface area contributed by atoms with Gasteiger partial charge in [0.1, 0.15) is 25.8 Å². The second-order valence-corrected chi connectivity index (χ2v) is 13.2. The molecule has 1 aliphatic rings. The van der Waals surface area contributed by atoms with E-state index in [4.69, 9.17) is 32.7 Å². The minimum Gasteiger partial charge on any atom is -0.486 e. The Balaban J connectivity index is 2.02. The highest BCUT2D eigenvalue weighted by molar-refractivity contribution is 7.92. The maximum atomic E-state index is 13.9. The first-order chi connectivity index (χ1) is 18.3. The summed E-state index contributed by atoms with van der Waals surface area (Å²) in [5, 5.41) is 3.68. The Morgan fingerprint density at radius 1 is 1.03 bits per heavy atom. The topological polar surface area (TPSA) is 105 Å². The van der Waals surface area contributed by atoms with E-state index < -0.39 is 34.1 Å². The number of anilines is 1. The molecule has 9 nitrogen and oxygen atoms in total. The number of sulfonamides is 1. The number of halogens is 2. The fourth-order valence-corrected chi connectivity index (χ4v) is 5.63. The van der Waals surface area contributed by atoms with Crippen molar-refractivity contribution in [2.75, 3.05) is 29.8 Å². The van der Waals surface area contributed by atoms with Gasteiger partial charge in [-0.3, -0.25) is 13.9 Å². The lowest BCUT2D eigenvalue weighted by Crippen LogP contribution is -2.55. The SMILES string of the molecule is CC[C@@H](C(=O)NC(C)(C)C)N(Cc1ccc(Cl)cc1Cl)C(=O)CN(c1ccc2c(c1)OCCO2)S(=O)(=O)CC. The normalized spacial score (nSPS) is 13.9. The number of hydrogen-bond acceptors (Lipinski definition) is 6. The number of nitrogens with one attached hydrogen (secondary N) is 1. The Hall–Kier alpha value is -2.69. The summed E-state index contributed by atoms with van der Waals surface area (Å²) in [5.74, 6) is -0.270. The first-order valence-corrected chi connectivity index (χ1v) is 15.1. The van der Waals surface area contributed by atoms with E-state index in [1.165, 1.54) is 11.8 Å². The Labute approximate surface area is 240 Å². The van der Waals surface area contributed by atoms with E-state index in [2.05, 4.69) is 5.32 Å². The molecule has 2 amide bonds. The smallest absolute Gasteiger partial charge is 0.244 e. The molecule has 214 valence electrons. The molecule has 1 aliphatic heterocycles. The van der Waals surface area contributed by atoms with Crippen molar-refractivity contribution in [1.82, 2.24) is 10.2 Å². The van der Waals surface area contributed by atoms with Gasteiger partial charge in [-0.25, -0.2) is 8.42 Å². The molecule has 2 aromatic rings. The molecule has 0 bridgehead atoms. The van der Waals surface area contributed by atoms with Crippen LogP contribution in [0.5, 0.6) is 11.5 Å². The third kappa shape index (κ3) is 7.93. The number of ether oxygens (including phenoxy) is 2. The molecule has 1 atom stereocenters. The summed E-state index contributed by atoms with van der Waals surface area (Å²) in [6.07, 6.45) is 0.295. The minimum atomic E-state index is -3.89. The molecule has 1 N–H and O–H groups in total. The number of carbonyl (C=O) groups is 2. The first-order valence-electron chi connectivity index (χ1n) is 12.7. The van der Waals surface area contributed by atoms with Crippen molar-refractivity contribution >= 4 is 50.7 Å². The first kappa shape index (κ1) is 30.8. The van der Waals surface area contributed by atoms with E-state index in [0.717, 1.165) is 4.31 Å². The fourth-order valence-electron chi connectivity index (χ4n) is 4.11. The van der Waals surface area contributed by atoms with Crippen molar-refractivity contribution < 1.29 is 27.5 Å². The molecule has 39 heavy (non-hydrogen) atoms. The van der Waals surface area contributed by atoms with Gasteiger partial charge in [-0.2, -0.15) is 0 Å². The monoisotopic (exact) mass is 599 g/mol. The average Bonchev–Trinajstić information content (AvgIpc) is 2.86. The van der Waals surface area contributed by atoms with Crippen LogP contribution in [0.2, 0.25) is 10.0 Å². The third-order valence-corrected chi connectivity index (χ3v) is 8.36. The van der Waals surface area contributed by atoms with E-state index in [9.17, 15) is 18.0 Å². The molecule has 1 heterocycles. The summed E-state index contributed by atoms with van der Waals surface area (Å²) < 4.78 is 38.6. The van der Waals surface area contributed by atoms with Gasteiger partial charge in [0.05, 0.1) is 11.4 Å². The van der Waals surface area contributed by atoms with Crippen LogP contribution in [0, 0.1) is 0 Å². The lowest BCUT2D eigenvalue weighted by molar-refractivity contribution is -0.141. The van der Waals surface area contributed by atoms with Crippen LogP contribution in [0.4, 0.5) is 5.69 Å². The zero-order valence-corrected chi connectivity index (χ0v) is 25.1. The predicted octanol–water partition coefficient (Wildman–Crippen LogP) is 4.64. The second kappa shape index (κ2) is 12.7. The van der Waals surface area contributed by atoms with Crippen LogP contribution in [0.25, 0.3) is 0 Å². The molecule has 0 spiro atoms. The summed E-state index contributed by atoms with van der Waals surface area (Å²) in [7, 11) is -3.89. The molecule has 0 saturated carbocycles. The predicted molar refractivity (Wildman–Crippen MR) is 153 cm³/mol. The standard InChI is InChI=1S/C27H35Cl2N3O6S/c1-6-22(26(34)30-27(3,4)5)31(16-18-8-9-19(28)14-21(18)29)25(33)17-32(39(35,36)7-2)20-10-11-23-24(15-20)38-13-12-37-23/h8-11,14-15,22H,6-7,12-13,16-17H2,1-5H3,(H,30,34)/t22-/m0/s1. The summed E-state index contributed by atoms with van der Waals surface area (Å²) in [6.45, 7) is 8.99. The van der Waals surface area contributed by atoms with Crippen LogP contribution in [0.3, 0.4) is 0 Å². The molecule has 0 aliphatic carbocycles. The van der Waals surface area contributed by atoms with Gasteiger partial charge < -0.3 is 19.7 Å². The quantitative estimate of drug-likeness (QED) is 0.426. The van der Waals surface area contributed by atoms with Crippen LogP contribution in [-0.4, -0.2) is 62.2 Å². The minimum absolute atomic E-state index is 0.0218. The van der Waals surface area contributed by atoms with Gasteiger partial charge in [0.15, 0.2) is 11.5 Å². The lowest BCUT2D eigenvalue weighted by Gasteiger charge is -2.35. The molecule has 0 fully saturated rings. The number of rotatable bonds is 10. The van der Waals surface area contributed by atoms with Crippen LogP contribution in [-0.2, 0) is 26.2 Å². The number of nitrogens with zero attached hydrogens (tertiary/aromatic N) is 2. The Kier molecular flexibility index (Phi) is 10.0. The summed E-state index contributed by atoms with van der Waals surface area (Å²) in [4.78, 5) is 28.6. The van der Waals surface area contributed by atoms with Crippen molar-refractivity contribution in [2.24, 2.45) is 0 Å². The Bertz CT molecular complexity index is 1310. The van der Waals surface area contributed by atoms with Gasteiger partial charge in [-0.15, -0.1) is 0 Å². The van der Waals surface area contributed by atoms with E-state index in [-0.39, 0.29) is 23.9 Å². The van der Waals surface area contributed by atoms with Gasteiger partial charge in [-0.1, -0.05) is 36.2 Å². The Morgan fingerprint density at radius 3 is 2.28 bits per heavy atom. The van der Waals surface area contributed by atoms with Crippen molar-refractivity contribution in [3.05, 3.63) is 52.0 Å². The van der Waals surface area contributed by atoms with Crippen molar-refractivity contribution in [3.8, 4) is 11.5 Å². The summed E-state index contributed by atoms with van der Waals surface area (Å²) in [5.41, 5.74) is 0.284. The van der Waals surface area contributed by atoms with E-state index in [1.807, 2.05) is 20.8 Å². The van der Waals surface area contributed by atoms with E-state index in [0.29, 0.717) is 46.7 Å². The molecule has 3 rings (SSSR count). The molecule has 0 saturated heterocycles. The van der Waals surface area contributed by atoms with Gasteiger partial charge >= 0.3 is 0 Å². The molecule has 0 unspecified atom stereocenters. The molecule has 0 radical (unpaired) electrons. The molecular formula is C27H35Cl2N3O6S. The van der Waals surface area contributed by atoms with Crippen LogP contribution in [0.15, 0.2) is 36.4 Å². The van der Waals surface area contributed by atoms with Gasteiger partial charge in [0.25, 0.3) is 0 Å². The largest absolute Gasteiger partial charge is 0.486 e. The maximum Gasteiger partial charge on any atom is 0.244 e. The van der Waals surface area contributed by atoms with Crippen molar-refractivity contribution in [1.29, 1.82) is 0 Å². The van der Waals surface area contributed by atoms with E-state index in [1.54, 1.807) is 43.3 Å². The van der Waals surface area contributed by atoms with Gasteiger partial charge in [-0.05, 0) is 63.9 Å². The highest BCUT2D eigenvalue weighted by Gasteiger charge is 2.34. The number of hydrogen-bond donors (Lipinski definition) is 1. The molecule has 0 aromatic heterocycles. The number of amides is 2. The zero-order valence-electron chi connectivity index (χ0n) is 22.8. The van der Waals surface area contributed by atoms with Crippen LogP contribution < -0.4 is 19.1 Å². The van der Waals surface area contributed by atoms with Gasteiger partial charge in [0, 0.05) is 28.2 Å². The number of fused-ring (bicyclic) bond motifs is 1. The summed E-state index contributed by atoms with van der Waals surface area (Å²) in [6, 6.07) is 8.72. The highest BCUT2D eigenvalue weighted by atomic mass is 35.5. The average molecular weight is 601 g/mol. The van der Waals surface area contributed by atoms with Crippen molar-refractivity contribution in [3.63, 3.8) is 0 Å². The second-order valence-electron chi connectivity index (χ2n) is 10.2. The van der Waals surface area contributed by atoms with Crippen LogP contribution >= 0.6 is 23.2 Å².